The lowest BCUT2D eigenvalue weighted by Gasteiger charge is -2.20. The van der Waals surface area contributed by atoms with Crippen LogP contribution in [0.15, 0.2) is 0 Å². The Morgan fingerprint density at radius 2 is 1.92 bits per heavy atom. The van der Waals surface area contributed by atoms with E-state index in [1.807, 2.05) is 13.8 Å². The van der Waals surface area contributed by atoms with E-state index in [4.69, 9.17) is 0 Å². The Kier molecular flexibility index (Phi) is 9.64. The Balaban J connectivity index is 0. The van der Waals surface area contributed by atoms with Gasteiger partial charge in [0.15, 0.2) is 0 Å². The van der Waals surface area contributed by atoms with Gasteiger partial charge in [-0.15, -0.1) is 0 Å². The molecule has 0 saturated carbocycles. The monoisotopic (exact) mass is 191 g/mol. The van der Waals surface area contributed by atoms with Gasteiger partial charge in [0.1, 0.15) is 0 Å². The van der Waals surface area contributed by atoms with Crippen LogP contribution in [-0.4, -0.2) is 24.6 Å². The fraction of sp³-hybridized carbons (Fsp3) is 1.00. The van der Waals surface area contributed by atoms with E-state index in [-0.39, 0.29) is 1.43 Å². The van der Waals surface area contributed by atoms with Crippen LogP contribution in [0, 0.1) is 5.92 Å². The molecule has 12 heavy (non-hydrogen) atoms. The van der Waals surface area contributed by atoms with Crippen LogP contribution in [0.5, 0.6) is 0 Å². The lowest BCUT2D eigenvalue weighted by Crippen LogP contribution is -2.25. The Morgan fingerprint density at radius 3 is 2.42 bits per heavy atom. The molecular formula is C10H25NS. The molecule has 0 aromatic rings. The SMILES string of the molecule is CC.CCNCC1CCSCC1.[HH]. The number of rotatable bonds is 3. The third-order valence-corrected chi connectivity index (χ3v) is 3.07. The highest BCUT2D eigenvalue weighted by Crippen LogP contribution is 2.21. The first-order valence-electron chi connectivity index (χ1n) is 5.22. The Morgan fingerprint density at radius 1 is 1.33 bits per heavy atom. The topological polar surface area (TPSA) is 12.0 Å². The maximum atomic E-state index is 3.41. The first-order chi connectivity index (χ1) is 5.93. The molecule has 1 rings (SSSR count). The van der Waals surface area contributed by atoms with Gasteiger partial charge in [0, 0.05) is 1.43 Å². The fourth-order valence-electron chi connectivity index (χ4n) is 1.30. The van der Waals surface area contributed by atoms with Crippen molar-refractivity contribution in [3.63, 3.8) is 0 Å². The predicted molar refractivity (Wildman–Crippen MR) is 62.1 cm³/mol. The number of hydrogen-bond acceptors (Lipinski definition) is 2. The minimum atomic E-state index is 0. The van der Waals surface area contributed by atoms with E-state index in [9.17, 15) is 0 Å². The van der Waals surface area contributed by atoms with Gasteiger partial charge in [-0.05, 0) is 43.4 Å². The van der Waals surface area contributed by atoms with E-state index < -0.39 is 0 Å². The van der Waals surface area contributed by atoms with Crippen molar-refractivity contribution >= 4 is 11.8 Å². The van der Waals surface area contributed by atoms with Crippen molar-refractivity contribution in [2.24, 2.45) is 5.92 Å². The third-order valence-electron chi connectivity index (χ3n) is 2.02. The summed E-state index contributed by atoms with van der Waals surface area (Å²) in [7, 11) is 0. The van der Waals surface area contributed by atoms with Crippen molar-refractivity contribution in [1.29, 1.82) is 0 Å². The fourth-order valence-corrected chi connectivity index (χ4v) is 2.50. The van der Waals surface area contributed by atoms with Crippen molar-refractivity contribution < 1.29 is 1.43 Å². The van der Waals surface area contributed by atoms with E-state index in [1.54, 1.807) is 0 Å². The number of thioether (sulfide) groups is 1. The Labute approximate surface area is 83.2 Å². The highest BCUT2D eigenvalue weighted by molar-refractivity contribution is 7.99. The maximum absolute atomic E-state index is 3.41. The molecule has 1 heterocycles. The molecule has 0 aromatic carbocycles. The van der Waals surface area contributed by atoms with Gasteiger partial charge in [-0.1, -0.05) is 20.8 Å². The summed E-state index contributed by atoms with van der Waals surface area (Å²) in [6.45, 7) is 8.55. The minimum Gasteiger partial charge on any atom is -0.317 e. The first-order valence-corrected chi connectivity index (χ1v) is 6.37. The minimum absolute atomic E-state index is 0. The van der Waals surface area contributed by atoms with Crippen LogP contribution >= 0.6 is 11.8 Å². The quantitative estimate of drug-likeness (QED) is 0.736. The van der Waals surface area contributed by atoms with Crippen LogP contribution in [-0.2, 0) is 0 Å². The molecule has 0 atom stereocenters. The summed E-state index contributed by atoms with van der Waals surface area (Å²) in [6, 6.07) is 0. The molecule has 1 aliphatic heterocycles. The Bertz CT molecular complexity index is 85.0. The summed E-state index contributed by atoms with van der Waals surface area (Å²) >= 11 is 2.10. The molecule has 0 spiro atoms. The summed E-state index contributed by atoms with van der Waals surface area (Å²) in [5, 5.41) is 3.41. The molecule has 1 saturated heterocycles. The maximum Gasteiger partial charge on any atom is 0 e. The van der Waals surface area contributed by atoms with Crippen LogP contribution in [0.3, 0.4) is 0 Å². The molecule has 0 unspecified atom stereocenters. The lowest BCUT2D eigenvalue weighted by molar-refractivity contribution is 0.454. The van der Waals surface area contributed by atoms with E-state index in [0.29, 0.717) is 0 Å². The van der Waals surface area contributed by atoms with Crippen molar-refractivity contribution in [1.82, 2.24) is 5.32 Å². The standard InChI is InChI=1S/C8H17NS.C2H6.H2/c1-2-9-7-8-3-5-10-6-4-8;1-2;/h8-9H,2-7H2,1H3;1-2H3;1H. The highest BCUT2D eigenvalue weighted by atomic mass is 32.2. The molecule has 1 aliphatic rings. The number of hydrogen-bond donors (Lipinski definition) is 1. The molecule has 0 aliphatic carbocycles. The van der Waals surface area contributed by atoms with Crippen molar-refractivity contribution in [3.8, 4) is 0 Å². The zero-order valence-electron chi connectivity index (χ0n) is 8.73. The zero-order chi connectivity index (χ0) is 9.23. The Hall–Kier alpha value is 0.310. The highest BCUT2D eigenvalue weighted by Gasteiger charge is 2.11. The van der Waals surface area contributed by atoms with Crippen LogP contribution in [0.25, 0.3) is 0 Å². The number of nitrogens with one attached hydrogen (secondary N) is 1. The van der Waals surface area contributed by atoms with Gasteiger partial charge in [0.05, 0.1) is 0 Å². The molecule has 0 aromatic heterocycles. The van der Waals surface area contributed by atoms with Crippen LogP contribution in [0.4, 0.5) is 0 Å². The smallest absolute Gasteiger partial charge is 0 e. The average Bonchev–Trinajstić information content (AvgIpc) is 2.19. The van der Waals surface area contributed by atoms with Gasteiger partial charge in [-0.25, -0.2) is 0 Å². The van der Waals surface area contributed by atoms with Gasteiger partial charge >= 0.3 is 0 Å². The van der Waals surface area contributed by atoms with Gasteiger partial charge < -0.3 is 5.32 Å². The normalized spacial score (nSPS) is 18.2. The lowest BCUT2D eigenvalue weighted by atomic mass is 10.0. The van der Waals surface area contributed by atoms with Crippen LogP contribution in [0.2, 0.25) is 0 Å². The van der Waals surface area contributed by atoms with Gasteiger partial charge in [0.2, 0.25) is 0 Å². The van der Waals surface area contributed by atoms with Crippen molar-refractivity contribution in [3.05, 3.63) is 0 Å². The second kappa shape index (κ2) is 9.40. The van der Waals surface area contributed by atoms with Gasteiger partial charge in [-0.3, -0.25) is 0 Å². The molecule has 1 N–H and O–H groups in total. The zero-order valence-corrected chi connectivity index (χ0v) is 9.54. The first kappa shape index (κ1) is 12.3. The summed E-state index contributed by atoms with van der Waals surface area (Å²) in [4.78, 5) is 0. The molecule has 76 valence electrons. The van der Waals surface area contributed by atoms with Crippen molar-refractivity contribution in [2.75, 3.05) is 24.6 Å². The summed E-state index contributed by atoms with van der Waals surface area (Å²) in [5.41, 5.74) is 0. The molecule has 0 amide bonds. The second-order valence-electron chi connectivity index (χ2n) is 2.86. The summed E-state index contributed by atoms with van der Waals surface area (Å²) in [6.07, 6.45) is 2.86. The van der Waals surface area contributed by atoms with E-state index in [0.717, 1.165) is 12.5 Å². The average molecular weight is 191 g/mol. The summed E-state index contributed by atoms with van der Waals surface area (Å²) in [5.74, 6) is 3.74. The second-order valence-corrected chi connectivity index (χ2v) is 4.09. The summed E-state index contributed by atoms with van der Waals surface area (Å²) < 4.78 is 0. The van der Waals surface area contributed by atoms with Crippen molar-refractivity contribution in [2.45, 2.75) is 33.6 Å². The molecule has 0 radical (unpaired) electrons. The van der Waals surface area contributed by atoms with Gasteiger partial charge in [-0.2, -0.15) is 11.8 Å². The molecule has 0 bridgehead atoms. The largest absolute Gasteiger partial charge is 0.317 e. The predicted octanol–water partition coefficient (Wildman–Crippen LogP) is 3.01. The van der Waals surface area contributed by atoms with E-state index in [1.165, 1.54) is 30.9 Å². The van der Waals surface area contributed by atoms with E-state index >= 15 is 0 Å². The van der Waals surface area contributed by atoms with E-state index in [2.05, 4.69) is 24.0 Å². The van der Waals surface area contributed by atoms with Gasteiger partial charge in [0.25, 0.3) is 0 Å². The molecular weight excluding hydrogens is 166 g/mol. The van der Waals surface area contributed by atoms with Crippen LogP contribution in [0.1, 0.15) is 35.0 Å². The third kappa shape index (κ3) is 5.90. The van der Waals surface area contributed by atoms with Crippen LogP contribution < -0.4 is 5.32 Å². The molecule has 1 fully saturated rings. The molecule has 1 nitrogen and oxygen atoms in total. The molecule has 2 heteroatoms.